The molecule has 0 aliphatic carbocycles. The number of hydrogen-bond donors (Lipinski definition) is 3. The van der Waals surface area contributed by atoms with Crippen LogP contribution in [0.4, 0.5) is 0 Å². The van der Waals surface area contributed by atoms with E-state index in [-0.39, 0.29) is 42.4 Å². The second-order valence-corrected chi connectivity index (χ2v) is 13.4. The van der Waals surface area contributed by atoms with E-state index in [1.807, 2.05) is 0 Å². The fourth-order valence-electron chi connectivity index (χ4n) is 6.67. The molecule has 0 bridgehead atoms. The van der Waals surface area contributed by atoms with Crippen molar-refractivity contribution in [3.8, 4) is 0 Å². The highest BCUT2D eigenvalue weighted by Gasteiger charge is 2.35. The van der Waals surface area contributed by atoms with Gasteiger partial charge < -0.3 is 29.6 Å². The molecule has 2 heterocycles. The third-order valence-corrected chi connectivity index (χ3v) is 9.35. The first-order chi connectivity index (χ1) is 20.3. The maximum atomic E-state index is 11.8. The first-order valence-electron chi connectivity index (χ1n) is 17.7. The summed E-state index contributed by atoms with van der Waals surface area (Å²) in [5.41, 5.74) is 0. The summed E-state index contributed by atoms with van der Waals surface area (Å²) >= 11 is 0. The van der Waals surface area contributed by atoms with Crippen molar-refractivity contribution < 1.29 is 34.4 Å². The molecular formula is C35H64O7. The van der Waals surface area contributed by atoms with E-state index in [1.54, 1.807) is 0 Å². The van der Waals surface area contributed by atoms with Gasteiger partial charge in [0.2, 0.25) is 0 Å². The molecule has 0 amide bonds. The molecule has 0 aromatic carbocycles. The van der Waals surface area contributed by atoms with Gasteiger partial charge in [-0.1, -0.05) is 96.8 Å². The third-order valence-electron chi connectivity index (χ3n) is 9.35. The number of aliphatic hydroxyl groups excluding tert-OH is 3. The summed E-state index contributed by atoms with van der Waals surface area (Å²) in [7, 11) is 0. The van der Waals surface area contributed by atoms with Crippen molar-refractivity contribution in [2.24, 2.45) is 5.92 Å². The molecule has 2 aliphatic heterocycles. The molecule has 2 fully saturated rings. The van der Waals surface area contributed by atoms with Crippen molar-refractivity contribution in [3.05, 3.63) is 0 Å². The van der Waals surface area contributed by atoms with Gasteiger partial charge in [0.05, 0.1) is 36.4 Å². The molecule has 7 atom stereocenters. The molecule has 42 heavy (non-hydrogen) atoms. The van der Waals surface area contributed by atoms with Gasteiger partial charge in [0.15, 0.2) is 0 Å². The lowest BCUT2D eigenvalue weighted by Gasteiger charge is -2.23. The lowest BCUT2D eigenvalue weighted by Crippen LogP contribution is -2.31. The highest BCUT2D eigenvalue weighted by Crippen LogP contribution is 2.29. The van der Waals surface area contributed by atoms with Crippen LogP contribution in [0.5, 0.6) is 0 Å². The number of carbonyl (C=O) groups is 2. The van der Waals surface area contributed by atoms with Crippen molar-refractivity contribution in [1.29, 1.82) is 0 Å². The highest BCUT2D eigenvalue weighted by atomic mass is 16.6. The second-order valence-electron chi connectivity index (χ2n) is 13.4. The summed E-state index contributed by atoms with van der Waals surface area (Å²) in [4.78, 5) is 23.1. The summed E-state index contributed by atoms with van der Waals surface area (Å²) in [5, 5.41) is 31.6. The number of cyclic esters (lactones) is 1. The SMILES string of the molecule is CCCCCCCCCCCCCC[C@H](O)[C@H]1CC[C@H]([C@H](O)CC[C@H](O)CCCCC[C@@H]2C[C@H](CC(C)=O)C(=O)O2)O1. The molecule has 0 aromatic heterocycles. The van der Waals surface area contributed by atoms with Crippen molar-refractivity contribution in [2.45, 2.75) is 205 Å². The highest BCUT2D eigenvalue weighted by molar-refractivity contribution is 5.83. The normalized spacial score (nSPS) is 24.5. The Morgan fingerprint density at radius 3 is 1.86 bits per heavy atom. The Bertz CT molecular complexity index is 713. The number of esters is 1. The Morgan fingerprint density at radius 1 is 0.738 bits per heavy atom. The number of rotatable bonds is 26. The lowest BCUT2D eigenvalue weighted by molar-refractivity contribution is -0.145. The monoisotopic (exact) mass is 596 g/mol. The van der Waals surface area contributed by atoms with Gasteiger partial charge >= 0.3 is 5.97 Å². The van der Waals surface area contributed by atoms with Crippen LogP contribution in [0.25, 0.3) is 0 Å². The van der Waals surface area contributed by atoms with Gasteiger partial charge in [-0.05, 0) is 64.7 Å². The molecule has 0 spiro atoms. The van der Waals surface area contributed by atoms with Crippen LogP contribution in [0, 0.1) is 5.92 Å². The molecule has 2 rings (SSSR count). The van der Waals surface area contributed by atoms with Crippen LogP contribution in [0.15, 0.2) is 0 Å². The maximum Gasteiger partial charge on any atom is 0.309 e. The Kier molecular flexibility index (Phi) is 19.9. The molecule has 0 radical (unpaired) electrons. The summed E-state index contributed by atoms with van der Waals surface area (Å²) in [6, 6.07) is 0. The Hall–Kier alpha value is -1.02. The van der Waals surface area contributed by atoms with Crippen LogP contribution >= 0.6 is 0 Å². The Labute approximate surface area is 256 Å². The largest absolute Gasteiger partial charge is 0.462 e. The van der Waals surface area contributed by atoms with E-state index in [1.165, 1.54) is 77.6 Å². The predicted octanol–water partition coefficient (Wildman–Crippen LogP) is 7.35. The topological polar surface area (TPSA) is 113 Å². The van der Waals surface area contributed by atoms with Crippen molar-refractivity contribution >= 4 is 11.8 Å². The number of ether oxygens (including phenoxy) is 2. The quantitative estimate of drug-likeness (QED) is 0.0707. The molecule has 246 valence electrons. The molecule has 7 heteroatoms. The van der Waals surface area contributed by atoms with Crippen molar-refractivity contribution in [3.63, 3.8) is 0 Å². The number of ketones is 1. The second kappa shape index (κ2) is 22.5. The lowest BCUT2D eigenvalue weighted by atomic mass is 9.96. The van der Waals surface area contributed by atoms with Crippen molar-refractivity contribution in [1.82, 2.24) is 0 Å². The van der Waals surface area contributed by atoms with Crippen LogP contribution in [-0.2, 0) is 19.1 Å². The van der Waals surface area contributed by atoms with Gasteiger partial charge in [0.25, 0.3) is 0 Å². The van der Waals surface area contributed by atoms with Gasteiger partial charge in [0.1, 0.15) is 11.9 Å². The first kappa shape index (κ1) is 37.2. The van der Waals surface area contributed by atoms with E-state index in [0.29, 0.717) is 25.7 Å². The van der Waals surface area contributed by atoms with E-state index in [9.17, 15) is 24.9 Å². The molecule has 3 N–H and O–H groups in total. The van der Waals surface area contributed by atoms with E-state index < -0.39 is 18.3 Å². The number of Topliss-reactive ketones (excluding diaryl/α,β-unsaturated/α-hetero) is 1. The minimum Gasteiger partial charge on any atom is -0.462 e. The van der Waals surface area contributed by atoms with Crippen molar-refractivity contribution in [2.75, 3.05) is 0 Å². The minimum atomic E-state index is -0.608. The zero-order valence-electron chi connectivity index (χ0n) is 27.0. The number of hydrogen-bond acceptors (Lipinski definition) is 7. The van der Waals surface area contributed by atoms with Gasteiger partial charge in [-0.2, -0.15) is 0 Å². The average Bonchev–Trinajstić information content (AvgIpc) is 3.59. The van der Waals surface area contributed by atoms with E-state index in [4.69, 9.17) is 9.47 Å². The molecule has 7 nitrogen and oxygen atoms in total. The Balaban J connectivity index is 1.43. The molecule has 0 aromatic rings. The van der Waals surface area contributed by atoms with Crippen LogP contribution in [0.3, 0.4) is 0 Å². The van der Waals surface area contributed by atoms with Crippen LogP contribution in [0.2, 0.25) is 0 Å². The zero-order chi connectivity index (χ0) is 30.6. The van der Waals surface area contributed by atoms with E-state index >= 15 is 0 Å². The van der Waals surface area contributed by atoms with Gasteiger partial charge in [-0.25, -0.2) is 0 Å². The van der Waals surface area contributed by atoms with Gasteiger partial charge in [-0.15, -0.1) is 0 Å². The van der Waals surface area contributed by atoms with Gasteiger partial charge in [-0.3, -0.25) is 4.79 Å². The molecule has 2 saturated heterocycles. The van der Waals surface area contributed by atoms with Crippen LogP contribution in [-0.4, -0.2) is 63.7 Å². The summed E-state index contributed by atoms with van der Waals surface area (Å²) in [6.07, 6.45) is 22.2. The third kappa shape index (κ3) is 16.2. The minimum absolute atomic E-state index is 0.0265. The van der Waals surface area contributed by atoms with E-state index in [2.05, 4.69) is 6.92 Å². The number of aliphatic hydroxyl groups is 3. The summed E-state index contributed by atoms with van der Waals surface area (Å²) < 4.78 is 11.4. The average molecular weight is 597 g/mol. The fraction of sp³-hybridized carbons (Fsp3) is 0.943. The molecular weight excluding hydrogens is 532 g/mol. The fourth-order valence-corrected chi connectivity index (χ4v) is 6.67. The molecule has 0 saturated carbocycles. The first-order valence-corrected chi connectivity index (χ1v) is 17.7. The summed E-state index contributed by atoms with van der Waals surface area (Å²) in [5.74, 6) is -0.489. The maximum absolute atomic E-state index is 11.8. The van der Waals surface area contributed by atoms with Crippen LogP contribution < -0.4 is 0 Å². The number of unbranched alkanes of at least 4 members (excludes halogenated alkanes) is 13. The van der Waals surface area contributed by atoms with E-state index in [0.717, 1.165) is 51.4 Å². The molecule has 2 aliphatic rings. The molecule has 0 unspecified atom stereocenters. The number of carbonyl (C=O) groups excluding carboxylic acids is 2. The standard InChI is InChI=1S/C35H64O7/c1-3-4-5-6-7-8-9-10-11-12-13-17-20-31(38)33-23-24-34(42-33)32(39)22-21-29(37)18-15-14-16-19-30-26-28(25-27(2)36)35(40)41-30/h28-34,37-39H,3-26H2,1-2H3/t28-,29+,30+,31-,32+,33+,34+/m0/s1. The van der Waals surface area contributed by atoms with Gasteiger partial charge in [0, 0.05) is 6.42 Å². The van der Waals surface area contributed by atoms with Crippen LogP contribution in [0.1, 0.15) is 168 Å². The predicted molar refractivity (Wildman–Crippen MR) is 167 cm³/mol. The zero-order valence-corrected chi connectivity index (χ0v) is 27.0. The summed E-state index contributed by atoms with van der Waals surface area (Å²) in [6.45, 7) is 3.77. The Morgan fingerprint density at radius 2 is 1.26 bits per heavy atom. The smallest absolute Gasteiger partial charge is 0.309 e.